The molecule has 0 unspecified atom stereocenters. The predicted octanol–water partition coefficient (Wildman–Crippen LogP) is 2.41. The maximum absolute atomic E-state index is 6.15. The zero-order chi connectivity index (χ0) is 14.5. The Kier molecular flexibility index (Phi) is 4.68. The summed E-state index contributed by atoms with van der Waals surface area (Å²) >= 11 is 0. The molecule has 2 saturated heterocycles. The van der Waals surface area contributed by atoms with Crippen molar-refractivity contribution < 1.29 is 9.47 Å². The minimum Gasteiger partial charge on any atom is -0.372 e. The minimum absolute atomic E-state index is 0.00286. The summed E-state index contributed by atoms with van der Waals surface area (Å²) in [5.74, 6) is 0. The van der Waals surface area contributed by atoms with Gasteiger partial charge in [-0.1, -0.05) is 6.08 Å². The van der Waals surface area contributed by atoms with Crippen LogP contribution in [-0.2, 0) is 16.0 Å². The summed E-state index contributed by atoms with van der Waals surface area (Å²) in [7, 11) is 0. The number of nitrogens with zero attached hydrogens (tertiary/aromatic N) is 2. The average molecular weight is 288 g/mol. The van der Waals surface area contributed by atoms with E-state index in [0.717, 1.165) is 39.1 Å². The largest absolute Gasteiger partial charge is 0.372 e. The summed E-state index contributed by atoms with van der Waals surface area (Å²) in [5, 5.41) is 0. The third kappa shape index (κ3) is 3.70. The molecule has 0 bridgehead atoms. The van der Waals surface area contributed by atoms with E-state index in [2.05, 4.69) is 28.6 Å². The molecule has 0 saturated carbocycles. The van der Waals surface area contributed by atoms with Crippen molar-refractivity contribution in [1.29, 1.82) is 0 Å². The van der Waals surface area contributed by atoms with Crippen molar-refractivity contribution in [3.8, 4) is 0 Å². The Morgan fingerprint density at radius 3 is 3.14 bits per heavy atom. The second kappa shape index (κ2) is 6.69. The van der Waals surface area contributed by atoms with Crippen molar-refractivity contribution in [1.82, 2.24) is 9.88 Å². The summed E-state index contributed by atoms with van der Waals surface area (Å²) < 4.78 is 11.9. The molecule has 1 aromatic rings. The van der Waals surface area contributed by atoms with Crippen LogP contribution < -0.4 is 0 Å². The zero-order valence-electron chi connectivity index (χ0n) is 12.5. The van der Waals surface area contributed by atoms with Gasteiger partial charge < -0.3 is 9.47 Å². The Hall–Kier alpha value is -1.23. The molecule has 2 atom stereocenters. The van der Waals surface area contributed by atoms with Crippen LogP contribution in [0, 0.1) is 0 Å². The molecule has 0 aromatic carbocycles. The fourth-order valence-corrected chi connectivity index (χ4v) is 3.47. The van der Waals surface area contributed by atoms with Crippen LogP contribution in [0.25, 0.3) is 0 Å². The molecule has 0 N–H and O–H groups in total. The molecule has 2 fully saturated rings. The molecule has 0 aliphatic carbocycles. The Morgan fingerprint density at radius 2 is 2.33 bits per heavy atom. The first-order valence-electron chi connectivity index (χ1n) is 7.77. The van der Waals surface area contributed by atoms with Gasteiger partial charge in [-0.15, -0.1) is 6.58 Å². The lowest BCUT2D eigenvalue weighted by atomic mass is 9.89. The molecule has 2 aliphatic heterocycles. The summed E-state index contributed by atoms with van der Waals surface area (Å²) in [6.07, 6.45) is 9.10. The molecule has 3 heterocycles. The number of piperidine rings is 1. The highest BCUT2D eigenvalue weighted by molar-refractivity contribution is 5.10. The summed E-state index contributed by atoms with van der Waals surface area (Å²) in [4.78, 5) is 6.57. The SMILES string of the molecule is C=CCO[C@H]1CO[C@@]2(CCCN(Cc3ccncc3)C2)C1. The smallest absolute Gasteiger partial charge is 0.0841 e. The van der Waals surface area contributed by atoms with Crippen LogP contribution in [0.4, 0.5) is 0 Å². The van der Waals surface area contributed by atoms with Gasteiger partial charge in [0.2, 0.25) is 0 Å². The molecule has 21 heavy (non-hydrogen) atoms. The van der Waals surface area contributed by atoms with Crippen LogP contribution >= 0.6 is 0 Å². The summed E-state index contributed by atoms with van der Waals surface area (Å²) in [6.45, 7) is 8.17. The molecule has 4 heteroatoms. The van der Waals surface area contributed by atoms with Gasteiger partial charge >= 0.3 is 0 Å². The maximum Gasteiger partial charge on any atom is 0.0841 e. The molecule has 114 valence electrons. The lowest BCUT2D eigenvalue weighted by Crippen LogP contribution is -2.47. The van der Waals surface area contributed by atoms with Crippen molar-refractivity contribution in [2.45, 2.75) is 37.5 Å². The molecule has 0 amide bonds. The number of pyridine rings is 1. The van der Waals surface area contributed by atoms with E-state index < -0.39 is 0 Å². The molecular weight excluding hydrogens is 264 g/mol. The van der Waals surface area contributed by atoms with E-state index in [0.29, 0.717) is 6.61 Å². The molecule has 1 aromatic heterocycles. The van der Waals surface area contributed by atoms with Gasteiger partial charge in [-0.25, -0.2) is 0 Å². The van der Waals surface area contributed by atoms with Crippen molar-refractivity contribution in [2.75, 3.05) is 26.3 Å². The zero-order valence-corrected chi connectivity index (χ0v) is 12.5. The van der Waals surface area contributed by atoms with Gasteiger partial charge in [-0.3, -0.25) is 9.88 Å². The first-order valence-corrected chi connectivity index (χ1v) is 7.77. The first-order chi connectivity index (χ1) is 10.3. The second-order valence-corrected chi connectivity index (χ2v) is 6.11. The fraction of sp³-hybridized carbons (Fsp3) is 0.588. The van der Waals surface area contributed by atoms with Crippen LogP contribution in [0.15, 0.2) is 37.2 Å². The summed E-state index contributed by atoms with van der Waals surface area (Å²) in [6, 6.07) is 4.18. The highest BCUT2D eigenvalue weighted by Crippen LogP contribution is 2.36. The van der Waals surface area contributed by atoms with E-state index in [9.17, 15) is 0 Å². The standard InChI is InChI=1S/C17H24N2O2/c1-2-10-20-16-11-17(21-13-16)6-3-9-19(14-17)12-15-4-7-18-8-5-15/h2,4-5,7-8,16H,1,3,6,9-14H2/t16-,17+/m1/s1. The number of hydrogen-bond acceptors (Lipinski definition) is 4. The molecule has 3 rings (SSSR count). The van der Waals surface area contributed by atoms with E-state index in [1.54, 1.807) is 0 Å². The number of likely N-dealkylation sites (tertiary alicyclic amines) is 1. The highest BCUT2D eigenvalue weighted by Gasteiger charge is 2.43. The third-order valence-electron chi connectivity index (χ3n) is 4.40. The normalized spacial score (nSPS) is 29.8. The van der Waals surface area contributed by atoms with Gasteiger partial charge in [-0.05, 0) is 37.1 Å². The molecule has 0 radical (unpaired) electrons. The van der Waals surface area contributed by atoms with Gasteiger partial charge in [-0.2, -0.15) is 0 Å². The van der Waals surface area contributed by atoms with E-state index in [1.807, 2.05) is 18.5 Å². The van der Waals surface area contributed by atoms with Crippen LogP contribution in [0.1, 0.15) is 24.8 Å². The quantitative estimate of drug-likeness (QED) is 0.779. The maximum atomic E-state index is 6.15. The van der Waals surface area contributed by atoms with Gasteiger partial charge in [0.25, 0.3) is 0 Å². The van der Waals surface area contributed by atoms with E-state index in [-0.39, 0.29) is 11.7 Å². The van der Waals surface area contributed by atoms with Crippen molar-refractivity contribution in [3.05, 3.63) is 42.7 Å². The minimum atomic E-state index is -0.00286. The number of ether oxygens (including phenoxy) is 2. The van der Waals surface area contributed by atoms with E-state index >= 15 is 0 Å². The van der Waals surface area contributed by atoms with Gasteiger partial charge in [0.05, 0.1) is 24.9 Å². The lowest BCUT2D eigenvalue weighted by Gasteiger charge is -2.39. The molecule has 4 nitrogen and oxygen atoms in total. The molecule has 1 spiro atoms. The highest BCUT2D eigenvalue weighted by atomic mass is 16.6. The van der Waals surface area contributed by atoms with Gasteiger partial charge in [0.1, 0.15) is 0 Å². The van der Waals surface area contributed by atoms with Crippen LogP contribution in [-0.4, -0.2) is 47.9 Å². The number of aromatic nitrogens is 1. The molecule has 2 aliphatic rings. The first kappa shape index (κ1) is 14.7. The Balaban J connectivity index is 1.57. The van der Waals surface area contributed by atoms with Crippen molar-refractivity contribution in [2.24, 2.45) is 0 Å². The van der Waals surface area contributed by atoms with Crippen LogP contribution in [0.2, 0.25) is 0 Å². The number of rotatable bonds is 5. The Morgan fingerprint density at radius 1 is 1.48 bits per heavy atom. The second-order valence-electron chi connectivity index (χ2n) is 6.11. The monoisotopic (exact) mass is 288 g/mol. The molecular formula is C17H24N2O2. The lowest BCUT2D eigenvalue weighted by molar-refractivity contribution is -0.0544. The van der Waals surface area contributed by atoms with Gasteiger partial charge in [0.15, 0.2) is 0 Å². The topological polar surface area (TPSA) is 34.6 Å². The van der Waals surface area contributed by atoms with Crippen molar-refractivity contribution in [3.63, 3.8) is 0 Å². The average Bonchev–Trinajstić information content (AvgIpc) is 2.89. The van der Waals surface area contributed by atoms with Crippen LogP contribution in [0.3, 0.4) is 0 Å². The Labute approximate surface area is 126 Å². The van der Waals surface area contributed by atoms with Crippen molar-refractivity contribution >= 4 is 0 Å². The number of hydrogen-bond donors (Lipinski definition) is 0. The fourth-order valence-electron chi connectivity index (χ4n) is 3.47. The van der Waals surface area contributed by atoms with E-state index in [4.69, 9.17) is 9.47 Å². The Bertz CT molecular complexity index is 465. The summed E-state index contributed by atoms with van der Waals surface area (Å²) in [5.41, 5.74) is 1.32. The van der Waals surface area contributed by atoms with E-state index in [1.165, 1.54) is 12.0 Å². The van der Waals surface area contributed by atoms with Crippen LogP contribution in [0.5, 0.6) is 0 Å². The third-order valence-corrected chi connectivity index (χ3v) is 4.40. The van der Waals surface area contributed by atoms with Gasteiger partial charge in [0, 0.05) is 31.9 Å². The predicted molar refractivity (Wildman–Crippen MR) is 82.0 cm³/mol.